The molecule has 0 aliphatic carbocycles. The van der Waals surface area contributed by atoms with Crippen LogP contribution >= 0.6 is 15.9 Å². The molecule has 0 bridgehead atoms. The SMILES string of the molecule is CCCNC(CCCS(=O)(=O)CC)c1cccc(F)c1Br. The van der Waals surface area contributed by atoms with Gasteiger partial charge in [-0.15, -0.1) is 0 Å². The lowest BCUT2D eigenvalue weighted by atomic mass is 10.0. The van der Waals surface area contributed by atoms with E-state index in [2.05, 4.69) is 28.2 Å². The molecule has 0 radical (unpaired) electrons. The maximum Gasteiger partial charge on any atom is 0.150 e. The van der Waals surface area contributed by atoms with Gasteiger partial charge >= 0.3 is 0 Å². The molecule has 0 aliphatic heterocycles. The van der Waals surface area contributed by atoms with Crippen LogP contribution in [0.25, 0.3) is 0 Å². The fourth-order valence-corrected chi connectivity index (χ4v) is 3.56. The minimum Gasteiger partial charge on any atom is -0.310 e. The molecule has 1 aromatic rings. The predicted molar refractivity (Wildman–Crippen MR) is 88.7 cm³/mol. The number of sulfone groups is 1. The Balaban J connectivity index is 2.78. The van der Waals surface area contributed by atoms with E-state index in [4.69, 9.17) is 0 Å². The van der Waals surface area contributed by atoms with Crippen LogP contribution in [0.3, 0.4) is 0 Å². The molecule has 1 unspecified atom stereocenters. The van der Waals surface area contributed by atoms with Crippen molar-refractivity contribution in [3.05, 3.63) is 34.1 Å². The monoisotopic (exact) mass is 379 g/mol. The van der Waals surface area contributed by atoms with Gasteiger partial charge in [0, 0.05) is 11.8 Å². The first-order valence-corrected chi connectivity index (χ1v) is 9.90. The third kappa shape index (κ3) is 6.04. The highest BCUT2D eigenvalue weighted by atomic mass is 79.9. The summed E-state index contributed by atoms with van der Waals surface area (Å²) in [5.41, 5.74) is 0.845. The molecule has 1 aromatic carbocycles. The van der Waals surface area contributed by atoms with E-state index < -0.39 is 9.84 Å². The highest BCUT2D eigenvalue weighted by molar-refractivity contribution is 9.10. The third-order valence-electron chi connectivity index (χ3n) is 3.39. The van der Waals surface area contributed by atoms with Crippen LogP contribution in [0.4, 0.5) is 4.39 Å². The Labute approximate surface area is 135 Å². The summed E-state index contributed by atoms with van der Waals surface area (Å²) >= 11 is 3.28. The first-order chi connectivity index (χ1) is 9.91. The zero-order valence-electron chi connectivity index (χ0n) is 12.5. The van der Waals surface area contributed by atoms with Gasteiger partial charge in [-0.1, -0.05) is 26.0 Å². The molecule has 3 nitrogen and oxygen atoms in total. The number of rotatable bonds is 9. The van der Waals surface area contributed by atoms with Gasteiger partial charge in [0.1, 0.15) is 15.7 Å². The van der Waals surface area contributed by atoms with Gasteiger partial charge in [0.2, 0.25) is 0 Å². The highest BCUT2D eigenvalue weighted by Gasteiger charge is 2.17. The molecular formula is C15H23BrFNO2S. The van der Waals surface area contributed by atoms with Crippen LogP contribution in [-0.2, 0) is 9.84 Å². The van der Waals surface area contributed by atoms with Crippen molar-refractivity contribution in [2.45, 2.75) is 39.2 Å². The van der Waals surface area contributed by atoms with E-state index in [9.17, 15) is 12.8 Å². The van der Waals surface area contributed by atoms with Crippen molar-refractivity contribution in [1.29, 1.82) is 0 Å². The second kappa shape index (κ2) is 8.86. The van der Waals surface area contributed by atoms with Crippen LogP contribution in [0.1, 0.15) is 44.7 Å². The number of hydrogen-bond acceptors (Lipinski definition) is 3. The van der Waals surface area contributed by atoms with Gasteiger partial charge in [0.05, 0.1) is 10.2 Å². The summed E-state index contributed by atoms with van der Waals surface area (Å²) in [4.78, 5) is 0. The van der Waals surface area contributed by atoms with E-state index in [1.807, 2.05) is 6.07 Å². The second-order valence-corrected chi connectivity index (χ2v) is 8.29. The number of benzene rings is 1. The van der Waals surface area contributed by atoms with Crippen molar-refractivity contribution < 1.29 is 12.8 Å². The van der Waals surface area contributed by atoms with Crippen molar-refractivity contribution in [3.63, 3.8) is 0 Å². The van der Waals surface area contributed by atoms with E-state index in [-0.39, 0.29) is 23.4 Å². The Morgan fingerprint density at radius 1 is 1.33 bits per heavy atom. The molecule has 0 saturated heterocycles. The van der Waals surface area contributed by atoms with Gasteiger partial charge in [-0.25, -0.2) is 12.8 Å². The molecule has 0 aliphatic rings. The lowest BCUT2D eigenvalue weighted by Crippen LogP contribution is -2.23. The van der Waals surface area contributed by atoms with Gasteiger partial charge in [-0.2, -0.15) is 0 Å². The predicted octanol–water partition coefficient (Wildman–Crippen LogP) is 3.84. The van der Waals surface area contributed by atoms with Crippen molar-refractivity contribution >= 4 is 25.8 Å². The van der Waals surface area contributed by atoms with Gasteiger partial charge in [0.15, 0.2) is 0 Å². The molecule has 1 N–H and O–H groups in total. The molecule has 1 atom stereocenters. The van der Waals surface area contributed by atoms with Crippen molar-refractivity contribution in [3.8, 4) is 0 Å². The maximum atomic E-state index is 13.7. The van der Waals surface area contributed by atoms with Crippen LogP contribution < -0.4 is 5.32 Å². The minimum absolute atomic E-state index is 0.0397. The quantitative estimate of drug-likeness (QED) is 0.708. The third-order valence-corrected chi connectivity index (χ3v) is 6.01. The van der Waals surface area contributed by atoms with Crippen LogP contribution in [0.2, 0.25) is 0 Å². The zero-order chi connectivity index (χ0) is 15.9. The number of nitrogens with one attached hydrogen (secondary N) is 1. The topological polar surface area (TPSA) is 46.2 Å². The summed E-state index contributed by atoms with van der Waals surface area (Å²) in [7, 11) is -2.95. The fraction of sp³-hybridized carbons (Fsp3) is 0.600. The minimum atomic E-state index is -2.95. The molecule has 0 spiro atoms. The van der Waals surface area contributed by atoms with E-state index in [1.165, 1.54) is 6.07 Å². The van der Waals surface area contributed by atoms with Gasteiger partial charge < -0.3 is 5.32 Å². The zero-order valence-corrected chi connectivity index (χ0v) is 14.9. The molecule has 0 aromatic heterocycles. The van der Waals surface area contributed by atoms with Crippen LogP contribution in [-0.4, -0.2) is 26.5 Å². The maximum absolute atomic E-state index is 13.7. The molecule has 0 fully saturated rings. The summed E-state index contributed by atoms with van der Waals surface area (Å²) in [6.45, 7) is 4.53. The Kier molecular flexibility index (Phi) is 7.84. The first kappa shape index (κ1) is 18.6. The molecule has 0 heterocycles. The average molecular weight is 380 g/mol. The van der Waals surface area contributed by atoms with Crippen LogP contribution in [0.5, 0.6) is 0 Å². The Morgan fingerprint density at radius 2 is 2.05 bits per heavy atom. The second-order valence-electron chi connectivity index (χ2n) is 5.03. The first-order valence-electron chi connectivity index (χ1n) is 7.29. The smallest absolute Gasteiger partial charge is 0.150 e. The molecule has 1 rings (SSSR count). The number of halogens is 2. The molecule has 0 amide bonds. The summed E-state index contributed by atoms with van der Waals surface area (Å²) < 4.78 is 37.2. The molecule has 0 saturated carbocycles. The van der Waals surface area contributed by atoms with Crippen LogP contribution in [0, 0.1) is 5.82 Å². The fourth-order valence-electron chi connectivity index (χ4n) is 2.13. The van der Waals surface area contributed by atoms with Gasteiger partial charge in [-0.3, -0.25) is 0 Å². The van der Waals surface area contributed by atoms with E-state index >= 15 is 0 Å². The van der Waals surface area contributed by atoms with Crippen molar-refractivity contribution in [2.24, 2.45) is 0 Å². The Morgan fingerprint density at radius 3 is 2.67 bits per heavy atom. The summed E-state index contributed by atoms with van der Waals surface area (Å²) in [5, 5.41) is 3.37. The van der Waals surface area contributed by atoms with Crippen molar-refractivity contribution in [1.82, 2.24) is 5.32 Å². The lowest BCUT2D eigenvalue weighted by molar-refractivity contribution is 0.486. The largest absolute Gasteiger partial charge is 0.310 e. The highest BCUT2D eigenvalue weighted by Crippen LogP contribution is 2.29. The molecule has 120 valence electrons. The number of hydrogen-bond donors (Lipinski definition) is 1. The van der Waals surface area contributed by atoms with E-state index in [1.54, 1.807) is 13.0 Å². The molecular weight excluding hydrogens is 357 g/mol. The van der Waals surface area contributed by atoms with Gasteiger partial charge in [0.25, 0.3) is 0 Å². The lowest BCUT2D eigenvalue weighted by Gasteiger charge is -2.20. The standard InChI is InChI=1S/C15H23BrFNO2S/c1-3-10-18-14(9-6-11-21(19,20)4-2)12-7-5-8-13(17)15(12)16/h5,7-8,14,18H,3-4,6,9-11H2,1-2H3. The normalized spacial score (nSPS) is 13.3. The average Bonchev–Trinajstić information content (AvgIpc) is 2.46. The Hall–Kier alpha value is -0.460. The van der Waals surface area contributed by atoms with Crippen molar-refractivity contribution in [2.75, 3.05) is 18.1 Å². The molecule has 6 heteroatoms. The summed E-state index contributed by atoms with van der Waals surface area (Å²) in [6, 6.07) is 4.92. The summed E-state index contributed by atoms with van der Waals surface area (Å²) in [6.07, 6.45) is 2.21. The Bertz CT molecular complexity index is 549. The van der Waals surface area contributed by atoms with Gasteiger partial charge in [-0.05, 0) is 53.4 Å². The van der Waals surface area contributed by atoms with E-state index in [0.29, 0.717) is 17.3 Å². The van der Waals surface area contributed by atoms with E-state index in [0.717, 1.165) is 18.5 Å². The molecule has 21 heavy (non-hydrogen) atoms. The summed E-state index contributed by atoms with van der Waals surface area (Å²) in [5.74, 6) is 0.0572. The van der Waals surface area contributed by atoms with Crippen LogP contribution in [0.15, 0.2) is 22.7 Å².